The number of thiophene rings is 1. The predicted octanol–water partition coefficient (Wildman–Crippen LogP) is 12.5. The van der Waals surface area contributed by atoms with Crippen molar-refractivity contribution in [3.05, 3.63) is 163 Å². The highest BCUT2D eigenvalue weighted by Crippen LogP contribution is 2.37. The van der Waals surface area contributed by atoms with E-state index in [-0.39, 0.29) is 43.2 Å². The van der Waals surface area contributed by atoms with Crippen LogP contribution in [0.25, 0.3) is 98.5 Å². The Hall–Kier alpha value is -6.43. The molecule has 0 saturated heterocycles. The average Bonchev–Trinajstić information content (AvgIpc) is 3.90. The van der Waals surface area contributed by atoms with Crippen molar-refractivity contribution >= 4 is 53.4 Å². The number of aromatic nitrogens is 3. The van der Waals surface area contributed by atoms with Gasteiger partial charge in [-0.3, -0.25) is 0 Å². The maximum atomic E-state index is 9.43. The van der Waals surface area contributed by atoms with Crippen molar-refractivity contribution in [1.82, 2.24) is 15.0 Å². The van der Waals surface area contributed by atoms with Gasteiger partial charge < -0.3 is 4.42 Å². The highest BCUT2D eigenvalue weighted by molar-refractivity contribution is 7.25. The molecule has 0 aliphatic heterocycles. The lowest BCUT2D eigenvalue weighted by Crippen LogP contribution is -2.00. The SMILES string of the molecule is [2H]c1c([2H])c(-c2c([2H])c([2H])c(-c3nc(-c4ccccc4)nc(-c4ccc5c(c4)oc4ccccc45)n3)c([2H])c2[2H])c([2H])c(-c2c([2H])c([2H])c3sc4c([2H])c([2H])c([2H])c([2H])c4c3c2[2H])c1[2H]. The Bertz CT molecular complexity index is 3710. The van der Waals surface area contributed by atoms with E-state index in [1.807, 2.05) is 30.3 Å². The molecule has 5 heteroatoms. The van der Waals surface area contributed by atoms with E-state index in [0.717, 1.165) is 22.1 Å². The van der Waals surface area contributed by atoms with Crippen molar-refractivity contribution in [1.29, 1.82) is 0 Å². The molecule has 0 aliphatic carbocycles. The first-order valence-corrected chi connectivity index (χ1v) is 16.2. The smallest absolute Gasteiger partial charge is 0.164 e. The number of para-hydroxylation sites is 1. The lowest BCUT2D eigenvalue weighted by molar-refractivity contribution is 0.669. The number of rotatable bonds is 5. The van der Waals surface area contributed by atoms with Gasteiger partial charge in [-0.1, -0.05) is 121 Å². The third-order valence-corrected chi connectivity index (χ3v) is 9.18. The zero-order valence-electron chi connectivity index (χ0n) is 40.6. The summed E-state index contributed by atoms with van der Waals surface area (Å²) in [5, 5.41) is 1.53. The summed E-state index contributed by atoms with van der Waals surface area (Å²) in [7, 11) is 0. The second-order valence-corrected chi connectivity index (χ2v) is 12.3. The largest absolute Gasteiger partial charge is 0.456 e. The van der Waals surface area contributed by atoms with Crippen LogP contribution in [0.2, 0.25) is 0 Å². The van der Waals surface area contributed by atoms with Gasteiger partial charge in [0, 0.05) is 47.6 Å². The van der Waals surface area contributed by atoms with E-state index in [1.54, 1.807) is 42.5 Å². The van der Waals surface area contributed by atoms with E-state index < -0.39 is 113 Å². The quantitative estimate of drug-likeness (QED) is 0.183. The summed E-state index contributed by atoms with van der Waals surface area (Å²) in [5.41, 5.74) is -0.330. The van der Waals surface area contributed by atoms with Gasteiger partial charge in [-0.15, -0.1) is 11.3 Å². The average molecular weight is 673 g/mol. The fourth-order valence-corrected chi connectivity index (χ4v) is 6.69. The number of fused-ring (bicyclic) bond motifs is 6. The van der Waals surface area contributed by atoms with Crippen LogP contribution in [0, 0.1) is 0 Å². The summed E-state index contributed by atoms with van der Waals surface area (Å²) in [6.07, 6.45) is 0. The zero-order chi connectivity index (χ0) is 46.1. The standard InChI is InChI=1S/C45H27N3OS/c1-2-9-29(10-3-1)43-46-44(48-45(47-43)34-21-23-36-35-13-4-6-15-39(35)49-40(36)27-34)30-19-17-28(18-20-30)31-11-8-12-32(25-31)33-22-24-42-38(26-33)37-14-5-7-16-41(37)50-42/h1-27H/i5D,7D,8D,11D,12D,14D,16D,17D,18D,19D,20D,22D,24D,25D,26D. The molecule has 0 radical (unpaired) electrons. The molecule has 50 heavy (non-hydrogen) atoms. The van der Waals surface area contributed by atoms with Gasteiger partial charge in [0.25, 0.3) is 0 Å². The molecule has 10 rings (SSSR count). The van der Waals surface area contributed by atoms with Crippen LogP contribution in [0.15, 0.2) is 168 Å². The number of hydrogen-bond donors (Lipinski definition) is 0. The summed E-state index contributed by atoms with van der Waals surface area (Å²) in [4.78, 5) is 14.0. The van der Waals surface area contributed by atoms with E-state index in [2.05, 4.69) is 9.97 Å². The molecule has 3 aromatic heterocycles. The lowest BCUT2D eigenvalue weighted by atomic mass is 9.97. The second kappa shape index (κ2) is 11.6. The first-order chi connectivity index (χ1) is 31.0. The number of hydrogen-bond acceptors (Lipinski definition) is 5. The molecule has 0 amide bonds. The summed E-state index contributed by atoms with van der Waals surface area (Å²) < 4.78 is 140. The van der Waals surface area contributed by atoms with Crippen LogP contribution in [0.3, 0.4) is 0 Å². The highest BCUT2D eigenvalue weighted by atomic mass is 32.1. The second-order valence-electron chi connectivity index (χ2n) is 11.2. The minimum Gasteiger partial charge on any atom is -0.456 e. The minimum atomic E-state index is -0.828. The van der Waals surface area contributed by atoms with E-state index in [0.29, 0.717) is 22.3 Å². The fraction of sp³-hybridized carbons (Fsp3) is 0. The van der Waals surface area contributed by atoms with Crippen LogP contribution in [0.1, 0.15) is 20.6 Å². The van der Waals surface area contributed by atoms with Crippen molar-refractivity contribution in [2.24, 2.45) is 0 Å². The van der Waals surface area contributed by atoms with Gasteiger partial charge in [0.2, 0.25) is 0 Å². The molecule has 7 aromatic carbocycles. The van der Waals surface area contributed by atoms with Crippen LogP contribution in [0.4, 0.5) is 0 Å². The number of benzene rings is 7. The normalized spacial score (nSPS) is 15.8. The van der Waals surface area contributed by atoms with Crippen molar-refractivity contribution < 1.29 is 25.0 Å². The van der Waals surface area contributed by atoms with E-state index in [1.165, 1.54) is 0 Å². The maximum Gasteiger partial charge on any atom is 0.164 e. The molecular weight excluding hydrogens is 631 g/mol. The summed E-state index contributed by atoms with van der Waals surface area (Å²) in [5.74, 6) is 0.0630. The Morgan fingerprint density at radius 3 is 1.92 bits per heavy atom. The molecule has 0 aliphatic rings. The topological polar surface area (TPSA) is 51.8 Å². The Labute approximate surface area is 313 Å². The molecule has 0 atom stereocenters. The van der Waals surface area contributed by atoms with Crippen LogP contribution in [-0.2, 0) is 0 Å². The predicted molar refractivity (Wildman–Crippen MR) is 207 cm³/mol. The number of nitrogens with zero attached hydrogens (tertiary/aromatic N) is 3. The molecule has 0 N–H and O–H groups in total. The van der Waals surface area contributed by atoms with Gasteiger partial charge in [-0.05, 0) is 64.6 Å². The van der Waals surface area contributed by atoms with Gasteiger partial charge in [-0.25, -0.2) is 15.0 Å². The maximum absolute atomic E-state index is 9.43. The molecule has 0 spiro atoms. The molecule has 0 unspecified atom stereocenters. The van der Waals surface area contributed by atoms with Crippen LogP contribution in [-0.4, -0.2) is 15.0 Å². The molecule has 0 saturated carbocycles. The van der Waals surface area contributed by atoms with Crippen molar-refractivity contribution in [3.63, 3.8) is 0 Å². The number of furan rings is 1. The summed E-state index contributed by atoms with van der Waals surface area (Å²) in [6.45, 7) is 0. The Balaban J connectivity index is 1.19. The molecular formula is C45H27N3OS. The Kier molecular flexibility index (Phi) is 4.02. The van der Waals surface area contributed by atoms with Crippen molar-refractivity contribution in [3.8, 4) is 56.4 Å². The van der Waals surface area contributed by atoms with Gasteiger partial charge in [-0.2, -0.15) is 0 Å². The fourth-order valence-electron chi connectivity index (χ4n) is 5.77. The molecule has 3 heterocycles. The first-order valence-electron chi connectivity index (χ1n) is 22.9. The van der Waals surface area contributed by atoms with E-state index in [9.17, 15) is 8.22 Å². The van der Waals surface area contributed by atoms with Crippen molar-refractivity contribution in [2.45, 2.75) is 0 Å². The molecule has 10 aromatic rings. The van der Waals surface area contributed by atoms with Gasteiger partial charge in [0.05, 0.1) is 20.6 Å². The third-order valence-electron chi connectivity index (χ3n) is 8.16. The first kappa shape index (κ1) is 17.3. The molecule has 0 fully saturated rings. The van der Waals surface area contributed by atoms with Gasteiger partial charge in [0.1, 0.15) is 11.2 Å². The van der Waals surface area contributed by atoms with Crippen LogP contribution >= 0.6 is 11.3 Å². The van der Waals surface area contributed by atoms with E-state index >= 15 is 0 Å². The summed E-state index contributed by atoms with van der Waals surface area (Å²) in [6, 6.07) is 12.0. The van der Waals surface area contributed by atoms with Crippen LogP contribution < -0.4 is 0 Å². The molecule has 0 bridgehead atoms. The Morgan fingerprint density at radius 1 is 0.420 bits per heavy atom. The molecule has 234 valence electrons. The van der Waals surface area contributed by atoms with E-state index in [4.69, 9.17) is 21.7 Å². The lowest BCUT2D eigenvalue weighted by Gasteiger charge is -2.10. The highest BCUT2D eigenvalue weighted by Gasteiger charge is 2.15. The van der Waals surface area contributed by atoms with Gasteiger partial charge >= 0.3 is 0 Å². The van der Waals surface area contributed by atoms with Crippen LogP contribution in [0.5, 0.6) is 0 Å². The molecule has 4 nitrogen and oxygen atoms in total. The minimum absolute atomic E-state index is 0.00518. The Morgan fingerprint density at radius 2 is 1.06 bits per heavy atom. The monoisotopic (exact) mass is 672 g/mol. The zero-order valence-corrected chi connectivity index (χ0v) is 26.4. The van der Waals surface area contributed by atoms with Crippen molar-refractivity contribution in [2.75, 3.05) is 0 Å². The third kappa shape index (κ3) is 4.95. The summed E-state index contributed by atoms with van der Waals surface area (Å²) >= 11 is 0.796. The van der Waals surface area contributed by atoms with Gasteiger partial charge in [0.15, 0.2) is 17.5 Å².